The van der Waals surface area contributed by atoms with Crippen molar-refractivity contribution in [3.63, 3.8) is 0 Å². The van der Waals surface area contributed by atoms with Crippen molar-refractivity contribution in [3.8, 4) is 11.5 Å². The second-order valence-corrected chi connectivity index (χ2v) is 12.4. The van der Waals surface area contributed by atoms with Gasteiger partial charge in [0.05, 0.1) is 38.1 Å². The Kier molecular flexibility index (Phi) is 19.1. The molecule has 0 spiro atoms. The maximum Gasteiger partial charge on any atom is 0.306 e. The largest absolute Gasteiger partial charge is 0.493 e. The summed E-state index contributed by atoms with van der Waals surface area (Å²) in [6, 6.07) is 14.3. The molecule has 2 aromatic carbocycles. The van der Waals surface area contributed by atoms with E-state index in [1.54, 1.807) is 12.1 Å². The third kappa shape index (κ3) is 15.9. The molecule has 41 heavy (non-hydrogen) atoms. The van der Waals surface area contributed by atoms with E-state index in [1.165, 1.54) is 23.5 Å². The number of hydrogen-bond acceptors (Lipinski definition) is 9. The first kappa shape index (κ1) is 37.3. The summed E-state index contributed by atoms with van der Waals surface area (Å²) in [7, 11) is 0. The van der Waals surface area contributed by atoms with Crippen molar-refractivity contribution >= 4 is 89.3 Å². The summed E-state index contributed by atoms with van der Waals surface area (Å²) in [6.07, 6.45) is 1.86. The van der Waals surface area contributed by atoms with E-state index in [1.807, 2.05) is 36.4 Å². The van der Waals surface area contributed by atoms with E-state index in [4.69, 9.17) is 26.4 Å². The van der Waals surface area contributed by atoms with Gasteiger partial charge in [-0.3, -0.25) is 19.2 Å². The number of nitrogens with one attached hydrogen (secondary N) is 2. The maximum atomic E-state index is 11.6. The summed E-state index contributed by atoms with van der Waals surface area (Å²) >= 11 is 14.5. The molecule has 14 heteroatoms. The van der Waals surface area contributed by atoms with Gasteiger partial charge < -0.3 is 19.9 Å². The molecule has 2 fully saturated rings. The van der Waals surface area contributed by atoms with Gasteiger partial charge in [0.2, 0.25) is 16.1 Å². The van der Waals surface area contributed by atoms with Crippen LogP contribution in [0, 0.1) is 0 Å². The standard InChI is InChI=1S/C13H14BrNO3S.C9H9BrO3.C4H6ClNOS.CH4/c14-9-2-1-3-10(8-9)18-6-4-12(16)15-11-5-7-19-13(11)17;10-7-2-1-3-8(6-7)13-5-4-9(11)12;5-6-3-1-2-8-4(3)7;/h1-3,8,11H,4-7H2,(H,15,16);1-3,6H,4-5H2,(H,11,12);3,6H,1-2H2;1H4. The molecule has 2 aromatic rings. The highest BCUT2D eigenvalue weighted by Gasteiger charge is 2.26. The molecule has 0 aliphatic carbocycles. The quantitative estimate of drug-likeness (QED) is 0.246. The predicted molar refractivity (Wildman–Crippen MR) is 172 cm³/mol. The van der Waals surface area contributed by atoms with Crippen LogP contribution in [0.25, 0.3) is 0 Å². The van der Waals surface area contributed by atoms with Crippen LogP contribution >= 0.6 is 67.2 Å². The molecular formula is C27H33Br2ClN2O7S2. The number of aliphatic carboxylic acids is 1. The van der Waals surface area contributed by atoms with Crippen LogP contribution in [-0.4, -0.2) is 64.0 Å². The predicted octanol–water partition coefficient (Wildman–Crippen LogP) is 6.07. The first-order valence-electron chi connectivity index (χ1n) is 12.1. The first-order valence-corrected chi connectivity index (χ1v) is 16.1. The van der Waals surface area contributed by atoms with Gasteiger partial charge in [0.15, 0.2) is 0 Å². The highest BCUT2D eigenvalue weighted by Crippen LogP contribution is 2.21. The molecule has 0 bridgehead atoms. The Labute approximate surface area is 270 Å². The van der Waals surface area contributed by atoms with E-state index in [2.05, 4.69) is 42.0 Å². The number of carboxylic acid groups (broad SMARTS) is 1. The zero-order chi connectivity index (χ0) is 29.3. The monoisotopic (exact) mass is 754 g/mol. The lowest BCUT2D eigenvalue weighted by Crippen LogP contribution is -2.37. The van der Waals surface area contributed by atoms with E-state index in [0.29, 0.717) is 12.4 Å². The number of carbonyl (C=O) groups excluding carboxylic acids is 3. The van der Waals surface area contributed by atoms with Crippen molar-refractivity contribution in [2.45, 2.75) is 45.2 Å². The van der Waals surface area contributed by atoms with Crippen molar-refractivity contribution in [3.05, 3.63) is 57.5 Å². The minimum absolute atomic E-state index is 0. The molecule has 2 saturated heterocycles. The molecule has 4 rings (SSSR count). The van der Waals surface area contributed by atoms with E-state index in [-0.39, 0.29) is 55.1 Å². The van der Waals surface area contributed by atoms with Gasteiger partial charge in [-0.1, -0.05) is 74.9 Å². The number of halogens is 3. The smallest absolute Gasteiger partial charge is 0.306 e. The van der Waals surface area contributed by atoms with Gasteiger partial charge in [-0.05, 0) is 61.0 Å². The van der Waals surface area contributed by atoms with Gasteiger partial charge in [-0.25, -0.2) is 4.84 Å². The fourth-order valence-electron chi connectivity index (χ4n) is 3.12. The van der Waals surface area contributed by atoms with Crippen LogP contribution in [0.3, 0.4) is 0 Å². The van der Waals surface area contributed by atoms with Crippen LogP contribution in [0.4, 0.5) is 0 Å². The summed E-state index contributed by atoms with van der Waals surface area (Å²) in [5.74, 6) is 2.10. The maximum absolute atomic E-state index is 11.6. The number of ether oxygens (including phenoxy) is 2. The summed E-state index contributed by atoms with van der Waals surface area (Å²) in [5.41, 5.74) is 0. The molecule has 9 nitrogen and oxygen atoms in total. The Morgan fingerprint density at radius 2 is 1.37 bits per heavy atom. The Balaban J connectivity index is 0.000000331. The Bertz CT molecular complexity index is 1150. The van der Waals surface area contributed by atoms with Crippen molar-refractivity contribution in [1.29, 1.82) is 0 Å². The lowest BCUT2D eigenvalue weighted by Gasteiger charge is -2.10. The average Bonchev–Trinajstić information content (AvgIpc) is 3.51. The molecule has 226 valence electrons. The second-order valence-electron chi connectivity index (χ2n) is 8.20. The second kappa shape index (κ2) is 21.0. The van der Waals surface area contributed by atoms with Gasteiger partial charge in [0.1, 0.15) is 11.5 Å². The van der Waals surface area contributed by atoms with Crippen molar-refractivity contribution in [2.75, 3.05) is 24.7 Å². The number of carboxylic acids is 1. The number of carbonyl (C=O) groups is 4. The minimum Gasteiger partial charge on any atom is -0.493 e. The van der Waals surface area contributed by atoms with Crippen LogP contribution in [0.5, 0.6) is 11.5 Å². The highest BCUT2D eigenvalue weighted by molar-refractivity contribution is 9.10. The number of benzene rings is 2. The molecule has 0 radical (unpaired) electrons. The fraction of sp³-hybridized carbons (Fsp3) is 0.407. The third-order valence-corrected chi connectivity index (χ3v) is 8.38. The normalized spacial score (nSPS) is 17.2. The minimum atomic E-state index is -0.852. The lowest BCUT2D eigenvalue weighted by molar-refractivity contribution is -0.137. The van der Waals surface area contributed by atoms with E-state index in [9.17, 15) is 19.2 Å². The van der Waals surface area contributed by atoms with Crippen molar-refractivity contribution < 1.29 is 33.8 Å². The summed E-state index contributed by atoms with van der Waals surface area (Å²) in [4.78, 5) is 46.2. The fourth-order valence-corrected chi connectivity index (χ4v) is 6.01. The van der Waals surface area contributed by atoms with Gasteiger partial charge in [0.25, 0.3) is 0 Å². The van der Waals surface area contributed by atoms with Crippen molar-refractivity contribution in [2.24, 2.45) is 0 Å². The zero-order valence-corrected chi connectivity index (χ0v) is 26.8. The summed E-state index contributed by atoms with van der Waals surface area (Å²) < 4.78 is 12.5. The third-order valence-electron chi connectivity index (χ3n) is 5.11. The van der Waals surface area contributed by atoms with E-state index < -0.39 is 5.97 Å². The molecule has 2 unspecified atom stereocenters. The average molecular weight is 757 g/mol. The molecule has 0 aromatic heterocycles. The van der Waals surface area contributed by atoms with E-state index in [0.717, 1.165) is 39.0 Å². The SMILES string of the molecule is C.O=C(CCOc1cccc(Br)c1)NC1CCSC1=O.O=C(O)CCOc1cccc(Br)c1.O=C1SCCC1NCl. The highest BCUT2D eigenvalue weighted by atomic mass is 79.9. The molecule has 2 aliphatic rings. The molecule has 0 saturated carbocycles. The Morgan fingerprint density at radius 1 is 0.878 bits per heavy atom. The number of rotatable bonds is 10. The van der Waals surface area contributed by atoms with Gasteiger partial charge in [-0.15, -0.1) is 0 Å². The Morgan fingerprint density at radius 3 is 1.76 bits per heavy atom. The van der Waals surface area contributed by atoms with Gasteiger partial charge in [-0.2, -0.15) is 0 Å². The molecule has 3 N–H and O–H groups in total. The Hall–Kier alpha value is -1.77. The van der Waals surface area contributed by atoms with Crippen molar-refractivity contribution in [1.82, 2.24) is 10.2 Å². The topological polar surface area (TPSA) is 131 Å². The summed E-state index contributed by atoms with van der Waals surface area (Å²) in [5, 5.41) is 11.3. The molecular weight excluding hydrogens is 724 g/mol. The van der Waals surface area contributed by atoms with Crippen LogP contribution in [0.2, 0.25) is 0 Å². The van der Waals surface area contributed by atoms with Gasteiger partial charge >= 0.3 is 5.97 Å². The summed E-state index contributed by atoms with van der Waals surface area (Å²) in [6.45, 7) is 0.502. The number of hydrogen-bond donors (Lipinski definition) is 3. The van der Waals surface area contributed by atoms with Crippen LogP contribution < -0.4 is 19.6 Å². The number of thioether (sulfide) groups is 2. The molecule has 2 aliphatic heterocycles. The zero-order valence-electron chi connectivity index (χ0n) is 21.3. The van der Waals surface area contributed by atoms with Crippen LogP contribution in [0.1, 0.15) is 33.1 Å². The molecule has 2 atom stereocenters. The number of amides is 1. The van der Waals surface area contributed by atoms with Crippen LogP contribution in [-0.2, 0) is 19.2 Å². The molecule has 1 amide bonds. The molecule has 2 heterocycles. The van der Waals surface area contributed by atoms with E-state index >= 15 is 0 Å². The first-order chi connectivity index (χ1) is 19.2. The van der Waals surface area contributed by atoms with Crippen LogP contribution in [0.15, 0.2) is 57.5 Å². The lowest BCUT2D eigenvalue weighted by atomic mass is 10.2. The van der Waals surface area contributed by atoms with Gasteiger partial charge in [0, 0.05) is 20.5 Å².